The van der Waals surface area contributed by atoms with E-state index in [0.29, 0.717) is 39.6 Å². The van der Waals surface area contributed by atoms with Gasteiger partial charge in [0.25, 0.3) is 0 Å². The zero-order valence-corrected chi connectivity index (χ0v) is 26.2. The molecule has 0 spiro atoms. The normalized spacial score (nSPS) is 34.2. The summed E-state index contributed by atoms with van der Waals surface area (Å²) in [6.45, 7) is 15.0. The van der Waals surface area contributed by atoms with Crippen LogP contribution in [0.4, 0.5) is 0 Å². The molecule has 10 atom stereocenters. The van der Waals surface area contributed by atoms with Gasteiger partial charge in [0.1, 0.15) is 48.8 Å². The molecule has 0 saturated carbocycles. The molecule has 0 bridgehead atoms. The van der Waals surface area contributed by atoms with E-state index in [1.165, 1.54) is 0 Å². The molecule has 0 amide bonds. The second kappa shape index (κ2) is 21.3. The lowest BCUT2D eigenvalue weighted by atomic mass is 9.96. The van der Waals surface area contributed by atoms with Crippen molar-refractivity contribution in [2.75, 3.05) is 52.9 Å². The largest absolute Gasteiger partial charge is 0.394 e. The Kier molecular flexibility index (Phi) is 19.1. The first-order valence-electron chi connectivity index (χ1n) is 15.9. The number of aliphatic hydroxyl groups excluding tert-OH is 2. The first kappa shape index (κ1) is 36.8. The van der Waals surface area contributed by atoms with Crippen LogP contribution in [0.15, 0.2) is 0 Å². The quantitative estimate of drug-likeness (QED) is 0.180. The van der Waals surface area contributed by atoms with Crippen molar-refractivity contribution in [1.82, 2.24) is 0 Å². The summed E-state index contributed by atoms with van der Waals surface area (Å²) in [5, 5.41) is 21.1. The van der Waals surface area contributed by atoms with Crippen molar-refractivity contribution in [2.24, 2.45) is 0 Å². The maximum absolute atomic E-state index is 11.0. The molecule has 244 valence electrons. The Balaban J connectivity index is 2.47. The molecule has 2 aliphatic heterocycles. The molecule has 11 heteroatoms. The van der Waals surface area contributed by atoms with Crippen LogP contribution in [0.5, 0.6) is 0 Å². The standard InChI is InChI=1S/C30H58O11/c1-7-13-33-20-22-24(26(35-15-9-3)28(37-17-11-5)29(40-22)38-18-12-6)41-30-27(36-16-10-4)25(34-14-8-2)23(32)21(19-31)39-30/h21-32H,7-20H2,1-6H3. The second-order valence-electron chi connectivity index (χ2n) is 10.6. The Bertz CT molecular complexity index is 642. The Morgan fingerprint density at radius 1 is 0.512 bits per heavy atom. The predicted molar refractivity (Wildman–Crippen MR) is 153 cm³/mol. The summed E-state index contributed by atoms with van der Waals surface area (Å²) in [4.78, 5) is 0. The lowest BCUT2D eigenvalue weighted by Crippen LogP contribution is -2.66. The second-order valence-corrected chi connectivity index (χ2v) is 10.6. The summed E-state index contributed by atoms with van der Waals surface area (Å²) in [6, 6.07) is 0. The fourth-order valence-electron chi connectivity index (χ4n) is 4.94. The lowest BCUT2D eigenvalue weighted by molar-refractivity contribution is -0.372. The fraction of sp³-hybridized carbons (Fsp3) is 1.00. The average Bonchev–Trinajstić information content (AvgIpc) is 2.98. The molecule has 0 aromatic rings. The molecule has 0 aliphatic carbocycles. The Hall–Kier alpha value is -0.440. The molecule has 2 N–H and O–H groups in total. The van der Waals surface area contributed by atoms with Crippen LogP contribution in [-0.2, 0) is 42.6 Å². The monoisotopic (exact) mass is 594 g/mol. The zero-order valence-electron chi connectivity index (χ0n) is 26.2. The van der Waals surface area contributed by atoms with Crippen LogP contribution < -0.4 is 0 Å². The van der Waals surface area contributed by atoms with E-state index < -0.39 is 68.0 Å². The van der Waals surface area contributed by atoms with Crippen molar-refractivity contribution in [1.29, 1.82) is 0 Å². The third-order valence-corrected chi connectivity index (χ3v) is 6.86. The van der Waals surface area contributed by atoms with Crippen LogP contribution in [0.1, 0.15) is 80.1 Å². The van der Waals surface area contributed by atoms with Crippen LogP contribution in [-0.4, -0.2) is 124 Å². The molecule has 0 aromatic carbocycles. The van der Waals surface area contributed by atoms with Gasteiger partial charge < -0.3 is 52.8 Å². The van der Waals surface area contributed by atoms with E-state index in [2.05, 4.69) is 0 Å². The van der Waals surface area contributed by atoms with Crippen molar-refractivity contribution in [3.63, 3.8) is 0 Å². The van der Waals surface area contributed by atoms with E-state index in [1.807, 2.05) is 41.5 Å². The Labute approximate surface area is 247 Å². The summed E-state index contributed by atoms with van der Waals surface area (Å²) in [7, 11) is 0. The molecule has 41 heavy (non-hydrogen) atoms. The SMILES string of the molecule is CCCOCC1OC(OCCC)C(OCCC)C(OCCC)C1OC1OC(CO)C(O)C(OCCC)C1OCCC. The molecule has 0 aromatic heterocycles. The molecular formula is C30H58O11. The molecular weight excluding hydrogens is 536 g/mol. The molecule has 2 fully saturated rings. The number of hydrogen-bond donors (Lipinski definition) is 2. The molecule has 2 heterocycles. The lowest BCUT2D eigenvalue weighted by Gasteiger charge is -2.49. The third-order valence-electron chi connectivity index (χ3n) is 6.86. The molecule has 0 radical (unpaired) electrons. The van der Waals surface area contributed by atoms with Crippen molar-refractivity contribution in [2.45, 2.75) is 141 Å². The highest BCUT2D eigenvalue weighted by molar-refractivity contribution is 4.96. The van der Waals surface area contributed by atoms with Gasteiger partial charge >= 0.3 is 0 Å². The summed E-state index contributed by atoms with van der Waals surface area (Å²) in [5.41, 5.74) is 0. The summed E-state index contributed by atoms with van der Waals surface area (Å²) >= 11 is 0. The Morgan fingerprint density at radius 3 is 1.51 bits per heavy atom. The van der Waals surface area contributed by atoms with Crippen LogP contribution in [0.25, 0.3) is 0 Å². The van der Waals surface area contributed by atoms with Gasteiger partial charge in [-0.3, -0.25) is 0 Å². The van der Waals surface area contributed by atoms with Crippen molar-refractivity contribution < 1.29 is 52.8 Å². The average molecular weight is 595 g/mol. The van der Waals surface area contributed by atoms with E-state index in [-0.39, 0.29) is 6.61 Å². The van der Waals surface area contributed by atoms with Crippen LogP contribution >= 0.6 is 0 Å². The van der Waals surface area contributed by atoms with E-state index in [1.54, 1.807) is 0 Å². The van der Waals surface area contributed by atoms with Gasteiger partial charge in [0.05, 0.1) is 13.2 Å². The van der Waals surface area contributed by atoms with Gasteiger partial charge in [-0.05, 0) is 38.5 Å². The first-order valence-corrected chi connectivity index (χ1v) is 15.9. The number of aliphatic hydroxyl groups is 2. The van der Waals surface area contributed by atoms with Gasteiger partial charge in [-0.15, -0.1) is 0 Å². The third kappa shape index (κ3) is 11.2. The van der Waals surface area contributed by atoms with Gasteiger partial charge in [0, 0.05) is 39.6 Å². The van der Waals surface area contributed by atoms with Crippen LogP contribution in [0.2, 0.25) is 0 Å². The molecule has 10 unspecified atom stereocenters. The minimum absolute atomic E-state index is 0.256. The van der Waals surface area contributed by atoms with E-state index >= 15 is 0 Å². The van der Waals surface area contributed by atoms with Gasteiger partial charge in [0.15, 0.2) is 12.6 Å². The minimum atomic E-state index is -1.08. The van der Waals surface area contributed by atoms with Gasteiger partial charge in [-0.1, -0.05) is 41.5 Å². The van der Waals surface area contributed by atoms with Gasteiger partial charge in [0.2, 0.25) is 0 Å². The Morgan fingerprint density at radius 2 is 0.976 bits per heavy atom. The maximum Gasteiger partial charge on any atom is 0.187 e. The highest BCUT2D eigenvalue weighted by Crippen LogP contribution is 2.34. The van der Waals surface area contributed by atoms with Crippen molar-refractivity contribution >= 4 is 0 Å². The van der Waals surface area contributed by atoms with E-state index in [0.717, 1.165) is 38.5 Å². The summed E-state index contributed by atoms with van der Waals surface area (Å²) in [6.07, 6.45) is -2.65. The topological polar surface area (TPSA) is 124 Å². The van der Waals surface area contributed by atoms with E-state index in [4.69, 9.17) is 42.6 Å². The number of ether oxygens (including phenoxy) is 9. The van der Waals surface area contributed by atoms with Gasteiger partial charge in [-0.25, -0.2) is 0 Å². The van der Waals surface area contributed by atoms with Crippen LogP contribution in [0.3, 0.4) is 0 Å². The fourth-order valence-corrected chi connectivity index (χ4v) is 4.94. The van der Waals surface area contributed by atoms with Crippen molar-refractivity contribution in [3.8, 4) is 0 Å². The van der Waals surface area contributed by atoms with Gasteiger partial charge in [-0.2, -0.15) is 0 Å². The highest BCUT2D eigenvalue weighted by Gasteiger charge is 2.53. The van der Waals surface area contributed by atoms with Crippen molar-refractivity contribution in [3.05, 3.63) is 0 Å². The first-order chi connectivity index (χ1) is 20.0. The molecule has 2 saturated heterocycles. The highest BCUT2D eigenvalue weighted by atomic mass is 16.8. The minimum Gasteiger partial charge on any atom is -0.394 e. The smallest absolute Gasteiger partial charge is 0.187 e. The predicted octanol–water partition coefficient (Wildman–Crippen LogP) is 3.21. The van der Waals surface area contributed by atoms with E-state index in [9.17, 15) is 10.2 Å². The zero-order chi connectivity index (χ0) is 30.0. The summed E-state index contributed by atoms with van der Waals surface area (Å²) in [5.74, 6) is 0. The number of hydrogen-bond acceptors (Lipinski definition) is 11. The molecule has 2 rings (SSSR count). The summed E-state index contributed by atoms with van der Waals surface area (Å²) < 4.78 is 56.4. The molecule has 11 nitrogen and oxygen atoms in total. The molecule has 2 aliphatic rings. The number of rotatable bonds is 22. The van der Waals surface area contributed by atoms with Crippen LogP contribution in [0, 0.1) is 0 Å². The maximum atomic E-state index is 11.0.